The first kappa shape index (κ1) is 9.95. The topological polar surface area (TPSA) is 154 Å². The summed E-state index contributed by atoms with van der Waals surface area (Å²) in [5, 5.41) is 6.06. The molecule has 0 aliphatic carbocycles. The van der Waals surface area contributed by atoms with Crippen molar-refractivity contribution in [3.05, 3.63) is 12.3 Å². The van der Waals surface area contributed by atoms with Gasteiger partial charge in [-0.05, 0) is 6.07 Å². The van der Waals surface area contributed by atoms with Gasteiger partial charge in [0.15, 0.2) is 5.96 Å². The van der Waals surface area contributed by atoms with Crippen molar-refractivity contribution in [3.63, 3.8) is 0 Å². The van der Waals surface area contributed by atoms with E-state index in [1.165, 1.54) is 6.20 Å². The molecule has 0 spiro atoms. The molecule has 0 saturated carbocycles. The van der Waals surface area contributed by atoms with Crippen molar-refractivity contribution in [2.24, 2.45) is 11.5 Å². The van der Waals surface area contributed by atoms with Crippen LogP contribution < -0.4 is 22.9 Å². The normalized spacial score (nSPS) is 8.00. The van der Waals surface area contributed by atoms with E-state index in [1.807, 2.05) is 0 Å². The van der Waals surface area contributed by atoms with Crippen molar-refractivity contribution in [2.75, 3.05) is 11.5 Å². The highest BCUT2D eigenvalue weighted by atomic mass is 15.0. The highest BCUT2D eigenvalue weighted by molar-refractivity contribution is 5.71. The van der Waals surface area contributed by atoms with Gasteiger partial charge in [-0.1, -0.05) is 0 Å². The van der Waals surface area contributed by atoms with Gasteiger partial charge in [0, 0.05) is 6.20 Å². The number of nitrogen functional groups attached to an aromatic ring is 2. The zero-order chi connectivity index (χ0) is 9.56. The second-order valence-electron chi connectivity index (χ2n) is 1.80. The van der Waals surface area contributed by atoms with Crippen molar-refractivity contribution in [1.82, 2.24) is 9.97 Å². The van der Waals surface area contributed by atoms with Gasteiger partial charge in [0.05, 0.1) is 0 Å². The summed E-state index contributed by atoms with van der Waals surface area (Å²) >= 11 is 0. The molecule has 7 heteroatoms. The number of hydrogen-bond acceptors (Lipinski definition) is 5. The number of guanidine groups is 1. The van der Waals surface area contributed by atoms with Crippen molar-refractivity contribution in [2.45, 2.75) is 0 Å². The lowest BCUT2D eigenvalue weighted by Gasteiger charge is -1.89. The molecule has 0 aromatic carbocycles. The lowest BCUT2D eigenvalue weighted by atomic mass is 10.6. The van der Waals surface area contributed by atoms with Crippen LogP contribution in [0.3, 0.4) is 0 Å². The van der Waals surface area contributed by atoms with Gasteiger partial charge in [-0.25, -0.2) is 4.98 Å². The maximum atomic E-state index is 6.06. The van der Waals surface area contributed by atoms with Gasteiger partial charge < -0.3 is 22.9 Å². The molecule has 1 aromatic rings. The fraction of sp³-hybridized carbons (Fsp3) is 0. The Morgan fingerprint density at radius 3 is 2.08 bits per heavy atom. The molecule has 0 unspecified atom stereocenters. The van der Waals surface area contributed by atoms with Crippen LogP contribution in [0, 0.1) is 5.41 Å². The second kappa shape index (κ2) is 4.72. The summed E-state index contributed by atoms with van der Waals surface area (Å²) in [4.78, 5) is 7.24. The van der Waals surface area contributed by atoms with Crippen LogP contribution in [0.5, 0.6) is 0 Å². The maximum absolute atomic E-state index is 6.06. The number of aromatic nitrogens is 2. The third-order valence-electron chi connectivity index (χ3n) is 0.696. The molecule has 12 heavy (non-hydrogen) atoms. The zero-order valence-electron chi connectivity index (χ0n) is 6.36. The first-order chi connectivity index (χ1) is 5.52. The van der Waals surface area contributed by atoms with Crippen LogP contribution in [-0.2, 0) is 0 Å². The fourth-order valence-corrected chi connectivity index (χ4v) is 0.388. The van der Waals surface area contributed by atoms with Crippen LogP contribution in [0.25, 0.3) is 0 Å². The maximum Gasteiger partial charge on any atom is 0.221 e. The molecule has 0 bridgehead atoms. The quantitative estimate of drug-likeness (QED) is 0.235. The molecule has 1 aromatic heterocycles. The molecule has 0 aliphatic rings. The molecule has 1 heterocycles. The number of anilines is 2. The Morgan fingerprint density at radius 2 is 1.83 bits per heavy atom. The van der Waals surface area contributed by atoms with Crippen molar-refractivity contribution in [3.8, 4) is 0 Å². The average Bonchev–Trinajstić information content (AvgIpc) is 1.84. The molecule has 0 fully saturated rings. The molecular formula is C5H11N7. The van der Waals surface area contributed by atoms with E-state index in [2.05, 4.69) is 21.4 Å². The fourth-order valence-electron chi connectivity index (χ4n) is 0.388. The van der Waals surface area contributed by atoms with E-state index in [4.69, 9.17) is 16.9 Å². The van der Waals surface area contributed by atoms with Gasteiger partial charge in [0.1, 0.15) is 5.82 Å². The minimum atomic E-state index is -0.333. The Hall–Kier alpha value is -2.05. The van der Waals surface area contributed by atoms with Crippen LogP contribution >= 0.6 is 0 Å². The highest BCUT2D eigenvalue weighted by Gasteiger charge is 1.84. The van der Waals surface area contributed by atoms with Gasteiger partial charge in [-0.15, -0.1) is 0 Å². The Morgan fingerprint density at radius 1 is 1.33 bits per heavy atom. The molecule has 0 atom stereocenters. The Bertz CT molecular complexity index is 236. The zero-order valence-corrected chi connectivity index (χ0v) is 6.36. The lowest BCUT2D eigenvalue weighted by molar-refractivity contribution is 1.19. The van der Waals surface area contributed by atoms with E-state index >= 15 is 0 Å². The van der Waals surface area contributed by atoms with Crippen LogP contribution in [-0.4, -0.2) is 15.9 Å². The van der Waals surface area contributed by atoms with Gasteiger partial charge in [-0.3, -0.25) is 5.41 Å². The predicted molar refractivity (Wildman–Crippen MR) is 47.0 cm³/mol. The van der Waals surface area contributed by atoms with E-state index in [1.54, 1.807) is 6.07 Å². The summed E-state index contributed by atoms with van der Waals surface area (Å²) in [5.41, 5.74) is 19.3. The van der Waals surface area contributed by atoms with Gasteiger partial charge in [0.25, 0.3) is 0 Å². The number of hydrogen-bond donors (Lipinski definition) is 5. The number of nitrogens with two attached hydrogens (primary N) is 4. The monoisotopic (exact) mass is 169 g/mol. The molecular weight excluding hydrogens is 158 g/mol. The highest BCUT2D eigenvalue weighted by Crippen LogP contribution is 1.94. The molecule has 9 N–H and O–H groups in total. The summed E-state index contributed by atoms with van der Waals surface area (Å²) in [6.07, 6.45) is 1.51. The largest absolute Gasteiger partial charge is 0.384 e. The second-order valence-corrected chi connectivity index (χ2v) is 1.80. The van der Waals surface area contributed by atoms with Crippen molar-refractivity contribution < 1.29 is 0 Å². The summed E-state index contributed by atoms with van der Waals surface area (Å²) in [5.74, 6) is 0.280. The van der Waals surface area contributed by atoms with E-state index in [9.17, 15) is 0 Å². The van der Waals surface area contributed by atoms with Crippen LogP contribution in [0.4, 0.5) is 11.8 Å². The van der Waals surface area contributed by atoms with E-state index in [0.717, 1.165) is 0 Å². The minimum absolute atomic E-state index is 0.213. The standard InChI is InChI=1S/C4H6N4.CH5N3/c5-3-1-2-7-4(6)8-3;2-1(3)4/h1-2H,(H4,5,6,7,8);(H5,2,3,4). The van der Waals surface area contributed by atoms with Gasteiger partial charge >= 0.3 is 0 Å². The van der Waals surface area contributed by atoms with E-state index in [0.29, 0.717) is 5.82 Å². The number of nitrogens with one attached hydrogen (secondary N) is 1. The molecule has 0 radical (unpaired) electrons. The predicted octanol–water partition coefficient (Wildman–Crippen LogP) is -1.52. The summed E-state index contributed by atoms with van der Waals surface area (Å²) < 4.78 is 0. The van der Waals surface area contributed by atoms with E-state index in [-0.39, 0.29) is 11.9 Å². The van der Waals surface area contributed by atoms with Crippen molar-refractivity contribution in [1.29, 1.82) is 5.41 Å². The lowest BCUT2D eigenvalue weighted by Crippen LogP contribution is -2.20. The third-order valence-corrected chi connectivity index (χ3v) is 0.696. The number of nitrogens with zero attached hydrogens (tertiary/aromatic N) is 2. The minimum Gasteiger partial charge on any atom is -0.384 e. The average molecular weight is 169 g/mol. The molecule has 1 rings (SSSR count). The Labute approximate surface area is 69.3 Å². The SMILES string of the molecule is N=C(N)N.Nc1ccnc(N)n1. The van der Waals surface area contributed by atoms with Crippen molar-refractivity contribution >= 4 is 17.7 Å². The van der Waals surface area contributed by atoms with Gasteiger partial charge in [0.2, 0.25) is 5.95 Å². The third kappa shape index (κ3) is 6.08. The summed E-state index contributed by atoms with van der Waals surface area (Å²) in [6, 6.07) is 1.58. The first-order valence-electron chi connectivity index (χ1n) is 2.96. The molecule has 0 aliphatic heterocycles. The van der Waals surface area contributed by atoms with Crippen LogP contribution in [0.1, 0.15) is 0 Å². The molecule has 0 amide bonds. The van der Waals surface area contributed by atoms with Crippen LogP contribution in [0.15, 0.2) is 12.3 Å². The first-order valence-corrected chi connectivity index (χ1v) is 2.96. The molecule has 66 valence electrons. The summed E-state index contributed by atoms with van der Waals surface area (Å²) in [7, 11) is 0. The Kier molecular flexibility index (Phi) is 3.91. The molecule has 0 saturated heterocycles. The van der Waals surface area contributed by atoms with E-state index < -0.39 is 0 Å². The molecule has 7 nitrogen and oxygen atoms in total. The van der Waals surface area contributed by atoms with Gasteiger partial charge in [-0.2, -0.15) is 4.98 Å². The number of rotatable bonds is 0. The smallest absolute Gasteiger partial charge is 0.221 e. The summed E-state index contributed by atoms with van der Waals surface area (Å²) in [6.45, 7) is 0. The van der Waals surface area contributed by atoms with Crippen LogP contribution in [0.2, 0.25) is 0 Å². The Balaban J connectivity index is 0.000000261.